The van der Waals surface area contributed by atoms with Gasteiger partial charge in [-0.3, -0.25) is 4.99 Å². The van der Waals surface area contributed by atoms with E-state index in [0.29, 0.717) is 11.3 Å². The molecular weight excluding hydrogens is 124 g/mol. The number of hydrogen-bond acceptors (Lipinski definition) is 2. The van der Waals surface area contributed by atoms with E-state index in [0.717, 1.165) is 5.71 Å². The van der Waals surface area contributed by atoms with Crippen LogP contribution >= 0.6 is 0 Å². The van der Waals surface area contributed by atoms with Crippen LogP contribution in [-0.4, -0.2) is 12.8 Å². The van der Waals surface area contributed by atoms with E-state index in [-0.39, 0.29) is 0 Å². The predicted octanol–water partition coefficient (Wildman–Crippen LogP) is 0.943. The van der Waals surface area contributed by atoms with Gasteiger partial charge in [-0.2, -0.15) is 0 Å². The van der Waals surface area contributed by atoms with Gasteiger partial charge in [0.05, 0.1) is 5.57 Å². The molecule has 0 aromatic rings. The fourth-order valence-corrected chi connectivity index (χ4v) is 0.615. The summed E-state index contributed by atoms with van der Waals surface area (Å²) in [5, 5.41) is 0. The number of aliphatic imine (C=N–C) groups is 1. The topological polar surface area (TPSA) is 38.4 Å². The third kappa shape index (κ3) is 1.94. The molecule has 2 nitrogen and oxygen atoms in total. The minimum atomic E-state index is 0.644. The summed E-state index contributed by atoms with van der Waals surface area (Å²) in [6.45, 7) is 3.61. The van der Waals surface area contributed by atoms with Crippen molar-refractivity contribution in [2.75, 3.05) is 7.05 Å². The molecule has 0 radical (unpaired) electrons. The molecule has 0 aliphatic carbocycles. The van der Waals surface area contributed by atoms with Gasteiger partial charge in [0.1, 0.15) is 0 Å². The van der Waals surface area contributed by atoms with E-state index >= 15 is 0 Å². The van der Waals surface area contributed by atoms with Gasteiger partial charge in [-0.25, -0.2) is 0 Å². The number of rotatable bonds is 1. The van der Waals surface area contributed by atoms with Gasteiger partial charge in [0.25, 0.3) is 0 Å². The zero-order valence-electron chi connectivity index (χ0n) is 6.60. The third-order valence-electron chi connectivity index (χ3n) is 1.24. The van der Waals surface area contributed by atoms with Gasteiger partial charge in [0, 0.05) is 18.5 Å². The summed E-state index contributed by atoms with van der Waals surface area (Å²) in [6, 6.07) is 0. The van der Waals surface area contributed by atoms with E-state index in [2.05, 4.69) is 10.9 Å². The first-order valence-corrected chi connectivity index (χ1v) is 3.00. The van der Waals surface area contributed by atoms with E-state index in [1.807, 2.05) is 6.92 Å². The molecule has 0 rings (SSSR count). The van der Waals surface area contributed by atoms with Crippen LogP contribution in [0.5, 0.6) is 0 Å². The highest BCUT2D eigenvalue weighted by Gasteiger charge is 1.97. The van der Waals surface area contributed by atoms with Gasteiger partial charge >= 0.3 is 0 Å². The average molecular weight is 136 g/mol. The van der Waals surface area contributed by atoms with Crippen LogP contribution in [0.15, 0.2) is 16.3 Å². The lowest BCUT2D eigenvalue weighted by Gasteiger charge is -1.99. The first-order valence-electron chi connectivity index (χ1n) is 3.00. The first kappa shape index (κ1) is 8.77. The highest BCUT2D eigenvalue weighted by molar-refractivity contribution is 6.02. The summed E-state index contributed by atoms with van der Waals surface area (Å²) in [7, 11) is 1.69. The summed E-state index contributed by atoms with van der Waals surface area (Å²) < 4.78 is 0. The zero-order chi connectivity index (χ0) is 8.15. The summed E-state index contributed by atoms with van der Waals surface area (Å²) in [6.07, 6.45) is 5.18. The molecule has 0 atom stereocenters. The third-order valence-corrected chi connectivity index (χ3v) is 1.24. The lowest BCUT2D eigenvalue weighted by molar-refractivity contribution is 1.28. The van der Waals surface area contributed by atoms with Crippen LogP contribution in [0.4, 0.5) is 0 Å². The normalized spacial score (nSPS) is 14.0. The largest absolute Gasteiger partial charge is 0.401 e. The van der Waals surface area contributed by atoms with Crippen molar-refractivity contribution in [2.24, 2.45) is 10.7 Å². The van der Waals surface area contributed by atoms with Gasteiger partial charge in [-0.15, -0.1) is 6.42 Å². The average Bonchev–Trinajstić information content (AvgIpc) is 1.88. The molecule has 2 N–H and O–H groups in total. The van der Waals surface area contributed by atoms with Crippen molar-refractivity contribution in [3.63, 3.8) is 0 Å². The molecule has 0 aromatic heterocycles. The second-order valence-corrected chi connectivity index (χ2v) is 2.01. The summed E-state index contributed by atoms with van der Waals surface area (Å²) in [4.78, 5) is 3.92. The molecule has 0 fully saturated rings. The zero-order valence-corrected chi connectivity index (χ0v) is 6.60. The highest BCUT2D eigenvalue weighted by Crippen LogP contribution is 1.99. The molecule has 0 aliphatic rings. The lowest BCUT2D eigenvalue weighted by Crippen LogP contribution is -2.04. The highest BCUT2D eigenvalue weighted by atomic mass is 14.7. The molecule has 0 aliphatic heterocycles. The van der Waals surface area contributed by atoms with Crippen molar-refractivity contribution in [3.8, 4) is 12.3 Å². The van der Waals surface area contributed by atoms with E-state index < -0.39 is 0 Å². The van der Waals surface area contributed by atoms with Gasteiger partial charge in [0.15, 0.2) is 0 Å². The van der Waals surface area contributed by atoms with Gasteiger partial charge in [0.2, 0.25) is 0 Å². The molecule has 10 heavy (non-hydrogen) atoms. The number of hydrogen-bond donors (Lipinski definition) is 1. The van der Waals surface area contributed by atoms with Crippen LogP contribution in [-0.2, 0) is 0 Å². The summed E-state index contributed by atoms with van der Waals surface area (Å²) >= 11 is 0. The standard InChI is InChI=1S/C8H12N2/c1-5-8(6(2)9)7(3)10-4/h1H,9H2,2-4H3. The van der Waals surface area contributed by atoms with Gasteiger partial charge < -0.3 is 5.73 Å². The number of nitrogens with zero attached hydrogens (tertiary/aromatic N) is 1. The van der Waals surface area contributed by atoms with Crippen molar-refractivity contribution in [2.45, 2.75) is 13.8 Å². The van der Waals surface area contributed by atoms with Crippen molar-refractivity contribution in [1.82, 2.24) is 0 Å². The van der Waals surface area contributed by atoms with Gasteiger partial charge in [-0.1, -0.05) is 5.92 Å². The molecular formula is C8H12N2. The molecule has 0 amide bonds. The van der Waals surface area contributed by atoms with Crippen LogP contribution < -0.4 is 5.73 Å². The number of terminal acetylenes is 1. The maximum atomic E-state index is 5.48. The molecule has 0 bridgehead atoms. The first-order chi connectivity index (χ1) is 4.63. The molecule has 0 spiro atoms. The number of nitrogens with two attached hydrogens (primary N) is 1. The molecule has 0 heterocycles. The Balaban J connectivity index is 4.77. The lowest BCUT2D eigenvalue weighted by atomic mass is 10.1. The van der Waals surface area contributed by atoms with E-state index in [1.165, 1.54) is 0 Å². The monoisotopic (exact) mass is 136 g/mol. The molecule has 54 valence electrons. The van der Waals surface area contributed by atoms with Crippen LogP contribution in [0, 0.1) is 12.3 Å². The summed E-state index contributed by atoms with van der Waals surface area (Å²) in [5.74, 6) is 2.48. The minimum Gasteiger partial charge on any atom is -0.401 e. The van der Waals surface area contributed by atoms with Crippen molar-refractivity contribution in [1.29, 1.82) is 0 Å². The smallest absolute Gasteiger partial charge is 0.0634 e. The Morgan fingerprint density at radius 2 is 2.00 bits per heavy atom. The second kappa shape index (κ2) is 3.73. The van der Waals surface area contributed by atoms with Crippen LogP contribution in [0.3, 0.4) is 0 Å². The molecule has 0 saturated carbocycles. The number of allylic oxidation sites excluding steroid dienone is 2. The van der Waals surface area contributed by atoms with Crippen molar-refractivity contribution < 1.29 is 0 Å². The Kier molecular flexibility index (Phi) is 3.27. The molecule has 2 heteroatoms. The van der Waals surface area contributed by atoms with Gasteiger partial charge in [-0.05, 0) is 13.8 Å². The fraction of sp³-hybridized carbons (Fsp3) is 0.375. The van der Waals surface area contributed by atoms with Crippen LogP contribution in [0.2, 0.25) is 0 Å². The maximum Gasteiger partial charge on any atom is 0.0634 e. The quantitative estimate of drug-likeness (QED) is 0.423. The summed E-state index contributed by atoms with van der Waals surface area (Å²) in [5.41, 5.74) is 7.63. The van der Waals surface area contributed by atoms with Crippen LogP contribution in [0.1, 0.15) is 13.8 Å². The Morgan fingerprint density at radius 3 is 2.10 bits per heavy atom. The van der Waals surface area contributed by atoms with E-state index in [4.69, 9.17) is 12.2 Å². The molecule has 0 aromatic carbocycles. The van der Waals surface area contributed by atoms with E-state index in [9.17, 15) is 0 Å². The van der Waals surface area contributed by atoms with Crippen molar-refractivity contribution >= 4 is 5.71 Å². The Labute approximate surface area is 61.8 Å². The second-order valence-electron chi connectivity index (χ2n) is 2.01. The Morgan fingerprint density at radius 1 is 1.50 bits per heavy atom. The predicted molar refractivity (Wildman–Crippen MR) is 44.8 cm³/mol. The molecule has 0 saturated heterocycles. The fourth-order valence-electron chi connectivity index (χ4n) is 0.615. The van der Waals surface area contributed by atoms with E-state index in [1.54, 1.807) is 14.0 Å². The Bertz CT molecular complexity index is 212. The maximum absolute atomic E-state index is 5.48. The minimum absolute atomic E-state index is 0.644. The SMILES string of the molecule is C#CC(C(C)=NC)=C(C)N. The molecule has 0 unspecified atom stereocenters. The van der Waals surface area contributed by atoms with Crippen molar-refractivity contribution in [3.05, 3.63) is 11.3 Å². The van der Waals surface area contributed by atoms with Crippen LogP contribution in [0.25, 0.3) is 0 Å². The Hall–Kier alpha value is -1.23.